The van der Waals surface area contributed by atoms with Crippen LogP contribution in [-0.4, -0.2) is 14.3 Å². The molecule has 0 saturated heterocycles. The van der Waals surface area contributed by atoms with Gasteiger partial charge in [-0.05, 0) is 58.0 Å². The van der Waals surface area contributed by atoms with Crippen LogP contribution in [0.25, 0.3) is 16.6 Å². The third-order valence-corrected chi connectivity index (χ3v) is 3.59. The molecule has 4 nitrogen and oxygen atoms in total. The molecule has 0 spiro atoms. The van der Waals surface area contributed by atoms with Crippen LogP contribution in [0.2, 0.25) is 0 Å². The van der Waals surface area contributed by atoms with E-state index in [2.05, 4.69) is 4.98 Å². The smallest absolute Gasteiger partial charge is 0.267 e. The number of hydrogen-bond acceptors (Lipinski definition) is 2. The Labute approximate surface area is 127 Å². The molecule has 5 heteroatoms. The number of nitrogens with zero attached hydrogens (tertiary/aromatic N) is 3. The Morgan fingerprint density at radius 3 is 2.45 bits per heavy atom. The summed E-state index contributed by atoms with van der Waals surface area (Å²) in [6.45, 7) is 7.75. The zero-order valence-electron chi connectivity index (χ0n) is 13.1. The van der Waals surface area contributed by atoms with Crippen molar-refractivity contribution in [3.8, 4) is 5.69 Å². The van der Waals surface area contributed by atoms with Gasteiger partial charge in [-0.25, -0.2) is 13.8 Å². The summed E-state index contributed by atoms with van der Waals surface area (Å²) in [5.41, 5.74) is 1.70. The maximum atomic E-state index is 13.5. The van der Waals surface area contributed by atoms with Gasteiger partial charge >= 0.3 is 0 Å². The molecule has 114 valence electrons. The van der Waals surface area contributed by atoms with Crippen molar-refractivity contribution in [2.45, 2.75) is 33.2 Å². The molecule has 0 aliphatic carbocycles. The Balaban J connectivity index is 2.46. The topological polar surface area (TPSA) is 39.8 Å². The zero-order chi connectivity index (χ0) is 16.1. The normalized spacial score (nSPS) is 12.0. The minimum absolute atomic E-state index is 0.206. The first-order valence-corrected chi connectivity index (χ1v) is 7.16. The number of aryl methyl sites for hydroxylation is 1. The van der Waals surface area contributed by atoms with Gasteiger partial charge in [-0.1, -0.05) is 0 Å². The van der Waals surface area contributed by atoms with E-state index in [0.717, 1.165) is 11.4 Å². The summed E-state index contributed by atoms with van der Waals surface area (Å²) >= 11 is 0. The number of rotatable bonds is 1. The lowest BCUT2D eigenvalue weighted by Crippen LogP contribution is -2.36. The molecular formula is C17H18FN3O. The molecule has 0 fully saturated rings. The number of pyridine rings is 1. The zero-order valence-corrected chi connectivity index (χ0v) is 13.1. The number of benzene rings is 1. The summed E-state index contributed by atoms with van der Waals surface area (Å²) in [4.78, 5) is 17.0. The molecule has 3 aromatic rings. The fourth-order valence-electron chi connectivity index (χ4n) is 2.62. The second kappa shape index (κ2) is 4.80. The van der Waals surface area contributed by atoms with Crippen molar-refractivity contribution in [1.29, 1.82) is 0 Å². The highest BCUT2D eigenvalue weighted by atomic mass is 19.1. The summed E-state index contributed by atoms with van der Waals surface area (Å²) in [5.74, 6) is -0.412. The molecule has 0 aliphatic rings. The molecule has 0 saturated carbocycles. The van der Waals surface area contributed by atoms with Gasteiger partial charge in [0.25, 0.3) is 5.56 Å². The number of aromatic nitrogens is 3. The van der Waals surface area contributed by atoms with E-state index in [1.54, 1.807) is 16.9 Å². The predicted molar refractivity (Wildman–Crippen MR) is 85.0 cm³/mol. The first-order valence-electron chi connectivity index (χ1n) is 7.16. The van der Waals surface area contributed by atoms with Crippen LogP contribution in [0.15, 0.2) is 41.3 Å². The molecule has 0 unspecified atom stereocenters. The molecule has 2 aromatic heterocycles. The van der Waals surface area contributed by atoms with E-state index >= 15 is 0 Å². The monoisotopic (exact) mass is 299 g/mol. The highest BCUT2D eigenvalue weighted by Crippen LogP contribution is 2.23. The van der Waals surface area contributed by atoms with E-state index in [4.69, 9.17) is 0 Å². The minimum Gasteiger partial charge on any atom is -0.267 e. The van der Waals surface area contributed by atoms with Crippen molar-refractivity contribution >= 4 is 10.9 Å². The van der Waals surface area contributed by atoms with Crippen molar-refractivity contribution < 1.29 is 4.39 Å². The van der Waals surface area contributed by atoms with Crippen LogP contribution < -0.4 is 5.56 Å². The number of fused-ring (bicyclic) bond motifs is 1. The Kier molecular flexibility index (Phi) is 3.16. The molecule has 0 bridgehead atoms. The largest absolute Gasteiger partial charge is 0.275 e. The van der Waals surface area contributed by atoms with E-state index in [1.165, 1.54) is 12.1 Å². The van der Waals surface area contributed by atoms with Gasteiger partial charge < -0.3 is 0 Å². The van der Waals surface area contributed by atoms with E-state index in [9.17, 15) is 9.18 Å². The van der Waals surface area contributed by atoms with Gasteiger partial charge in [-0.2, -0.15) is 0 Å². The number of hydrogen-bond donors (Lipinski definition) is 0. The summed E-state index contributed by atoms with van der Waals surface area (Å²) in [6, 6.07) is 8.09. The Bertz CT molecular complexity index is 899. The average molecular weight is 299 g/mol. The lowest BCUT2D eigenvalue weighted by atomic mass is 10.1. The Hall–Kier alpha value is -2.43. The van der Waals surface area contributed by atoms with Crippen LogP contribution in [0, 0.1) is 12.7 Å². The van der Waals surface area contributed by atoms with Crippen LogP contribution in [0.4, 0.5) is 4.39 Å². The third kappa shape index (κ3) is 2.22. The molecule has 22 heavy (non-hydrogen) atoms. The second-order valence-corrected chi connectivity index (χ2v) is 6.42. The van der Waals surface area contributed by atoms with Crippen LogP contribution in [0.3, 0.4) is 0 Å². The van der Waals surface area contributed by atoms with Gasteiger partial charge in [0.05, 0.1) is 28.3 Å². The molecule has 2 heterocycles. The van der Waals surface area contributed by atoms with E-state index in [-0.39, 0.29) is 5.56 Å². The van der Waals surface area contributed by atoms with Crippen molar-refractivity contribution in [3.63, 3.8) is 0 Å². The minimum atomic E-state index is -0.447. The molecule has 0 amide bonds. The predicted octanol–water partition coefficient (Wildman–Crippen LogP) is 3.39. The summed E-state index contributed by atoms with van der Waals surface area (Å²) in [7, 11) is 0. The molecule has 0 aliphatic heterocycles. The fraction of sp³-hybridized carbons (Fsp3) is 0.294. The van der Waals surface area contributed by atoms with Crippen molar-refractivity contribution in [2.75, 3.05) is 0 Å². The number of halogens is 1. The Morgan fingerprint density at radius 2 is 1.86 bits per heavy atom. The lowest BCUT2D eigenvalue weighted by Gasteiger charge is -2.24. The van der Waals surface area contributed by atoms with Crippen LogP contribution in [0.5, 0.6) is 0 Å². The van der Waals surface area contributed by atoms with Crippen LogP contribution >= 0.6 is 0 Å². The SMILES string of the molecule is Cc1ccc(-n2c3ccc(F)cc3c(=O)n2C(C)(C)C)cn1. The van der Waals surface area contributed by atoms with Crippen molar-refractivity contribution in [2.24, 2.45) is 0 Å². The quantitative estimate of drug-likeness (QED) is 0.691. The highest BCUT2D eigenvalue weighted by molar-refractivity contribution is 5.80. The molecule has 1 aromatic carbocycles. The Morgan fingerprint density at radius 1 is 1.14 bits per heavy atom. The van der Waals surface area contributed by atoms with E-state index < -0.39 is 11.4 Å². The molecule has 0 radical (unpaired) electrons. The molecule has 0 N–H and O–H groups in total. The van der Waals surface area contributed by atoms with Crippen molar-refractivity contribution in [1.82, 2.24) is 14.3 Å². The van der Waals surface area contributed by atoms with Gasteiger partial charge in [0, 0.05) is 5.69 Å². The molecular weight excluding hydrogens is 281 g/mol. The van der Waals surface area contributed by atoms with E-state index in [0.29, 0.717) is 10.9 Å². The fourth-order valence-corrected chi connectivity index (χ4v) is 2.62. The van der Waals surface area contributed by atoms with Gasteiger partial charge in [-0.15, -0.1) is 0 Å². The summed E-state index contributed by atoms with van der Waals surface area (Å²) < 4.78 is 17.0. The molecule has 3 rings (SSSR count). The van der Waals surface area contributed by atoms with E-state index in [1.807, 2.05) is 44.5 Å². The summed E-state index contributed by atoms with van der Waals surface area (Å²) in [6.07, 6.45) is 1.72. The average Bonchev–Trinajstić information content (AvgIpc) is 2.72. The van der Waals surface area contributed by atoms with Crippen LogP contribution in [-0.2, 0) is 5.54 Å². The third-order valence-electron chi connectivity index (χ3n) is 3.59. The van der Waals surface area contributed by atoms with Gasteiger partial charge in [0.2, 0.25) is 0 Å². The van der Waals surface area contributed by atoms with Gasteiger partial charge in [-0.3, -0.25) is 9.78 Å². The maximum absolute atomic E-state index is 13.5. The standard InChI is InChI=1S/C17H18FN3O/c1-11-5-7-13(10-19-11)20-15-8-6-12(18)9-14(15)16(22)21(20)17(2,3)4/h5-10H,1-4H3. The lowest BCUT2D eigenvalue weighted by molar-refractivity contribution is 0.323. The second-order valence-electron chi connectivity index (χ2n) is 6.42. The van der Waals surface area contributed by atoms with Crippen molar-refractivity contribution in [3.05, 3.63) is 58.4 Å². The van der Waals surface area contributed by atoms with Gasteiger partial charge in [0.15, 0.2) is 0 Å². The highest BCUT2D eigenvalue weighted by Gasteiger charge is 2.24. The van der Waals surface area contributed by atoms with Gasteiger partial charge in [0.1, 0.15) is 5.82 Å². The van der Waals surface area contributed by atoms with Crippen LogP contribution in [0.1, 0.15) is 26.5 Å². The maximum Gasteiger partial charge on any atom is 0.275 e. The first-order chi connectivity index (χ1) is 10.3. The molecule has 0 atom stereocenters. The summed E-state index contributed by atoms with van der Waals surface area (Å²) in [5, 5.41) is 0.371. The first kappa shape index (κ1) is 14.5.